The molecule has 0 spiro atoms. The molecule has 194 valence electrons. The number of rotatable bonds is 7. The second-order valence-electron chi connectivity index (χ2n) is 8.65. The van der Waals surface area contributed by atoms with Crippen LogP contribution in [0, 0.1) is 0 Å². The lowest BCUT2D eigenvalue weighted by Gasteiger charge is -2.26. The molecule has 4 heterocycles. The molecule has 2 N–H and O–H groups in total. The van der Waals surface area contributed by atoms with Crippen LogP contribution in [0.4, 0.5) is 13.2 Å². The summed E-state index contributed by atoms with van der Waals surface area (Å²) < 4.78 is 53.6. The molecule has 37 heavy (non-hydrogen) atoms. The van der Waals surface area contributed by atoms with Crippen LogP contribution in [-0.4, -0.2) is 51.6 Å². The fourth-order valence-corrected chi connectivity index (χ4v) is 5.23. The molecular formula is C25H24F3N5O3S. The number of amides is 1. The molecule has 12 heteroatoms. The van der Waals surface area contributed by atoms with Crippen LogP contribution in [0.1, 0.15) is 39.5 Å². The number of carbonyl (C=O) groups is 1. The van der Waals surface area contributed by atoms with E-state index in [0.717, 1.165) is 41.7 Å². The molecular weight excluding hydrogens is 507 g/mol. The molecule has 1 saturated heterocycles. The third-order valence-corrected chi connectivity index (χ3v) is 7.26. The van der Waals surface area contributed by atoms with Crippen molar-refractivity contribution in [2.75, 3.05) is 26.3 Å². The van der Waals surface area contributed by atoms with Crippen molar-refractivity contribution in [1.29, 1.82) is 0 Å². The first-order valence-electron chi connectivity index (χ1n) is 11.6. The smallest absolute Gasteiger partial charge is 0.416 e. The molecule has 0 aliphatic carbocycles. The van der Waals surface area contributed by atoms with Gasteiger partial charge in [-0.1, -0.05) is 18.2 Å². The monoisotopic (exact) mass is 531 g/mol. The molecule has 1 aliphatic rings. The number of nitrogens with two attached hydrogens (primary N) is 1. The lowest BCUT2D eigenvalue weighted by atomic mass is 10.0. The number of imidazole rings is 1. The number of alkyl halides is 3. The number of benzene rings is 1. The van der Waals surface area contributed by atoms with E-state index in [0.29, 0.717) is 30.3 Å². The number of hydrogen-bond acceptors (Lipinski definition) is 7. The van der Waals surface area contributed by atoms with Gasteiger partial charge in [0.05, 0.1) is 36.2 Å². The third kappa shape index (κ3) is 5.31. The standard InChI is InChI=1S/C25H24F3N5O3S/c1-15(17-4-2-3-5-18(17)25(26,27)28)36-21-11-22(37-23(21)24(29)34)33-14-31-19-12-30-16(10-20(19)33)13-32-6-8-35-9-7-32/h2-5,10-12,14-15H,6-9,13H2,1H3,(H2,29,34)/t15-/m1/s1. The van der Waals surface area contributed by atoms with E-state index in [1.807, 2.05) is 6.07 Å². The van der Waals surface area contributed by atoms with Crippen molar-refractivity contribution in [3.63, 3.8) is 0 Å². The molecule has 0 saturated carbocycles. The Balaban J connectivity index is 1.46. The van der Waals surface area contributed by atoms with Crippen LogP contribution in [0.3, 0.4) is 0 Å². The topological polar surface area (TPSA) is 95.5 Å². The van der Waals surface area contributed by atoms with E-state index in [1.165, 1.54) is 25.1 Å². The summed E-state index contributed by atoms with van der Waals surface area (Å²) in [6, 6.07) is 8.73. The van der Waals surface area contributed by atoms with Crippen molar-refractivity contribution in [1.82, 2.24) is 19.4 Å². The van der Waals surface area contributed by atoms with Gasteiger partial charge in [0.1, 0.15) is 33.6 Å². The summed E-state index contributed by atoms with van der Waals surface area (Å²) in [5.41, 5.74) is 7.06. The average Bonchev–Trinajstić information content (AvgIpc) is 3.48. The molecule has 3 aromatic heterocycles. The summed E-state index contributed by atoms with van der Waals surface area (Å²) in [6.45, 7) is 5.17. The highest BCUT2D eigenvalue weighted by Crippen LogP contribution is 2.39. The molecule has 1 aliphatic heterocycles. The van der Waals surface area contributed by atoms with Crippen molar-refractivity contribution in [2.24, 2.45) is 5.73 Å². The summed E-state index contributed by atoms with van der Waals surface area (Å²) in [5.74, 6) is -0.622. The Bertz CT molecular complexity index is 1430. The van der Waals surface area contributed by atoms with Gasteiger partial charge in [0.15, 0.2) is 0 Å². The maximum absolute atomic E-state index is 13.5. The van der Waals surface area contributed by atoms with Crippen LogP contribution < -0.4 is 10.5 Å². The highest BCUT2D eigenvalue weighted by atomic mass is 32.1. The highest BCUT2D eigenvalue weighted by molar-refractivity contribution is 7.16. The fourth-order valence-electron chi connectivity index (χ4n) is 4.31. The van der Waals surface area contributed by atoms with Gasteiger partial charge >= 0.3 is 6.18 Å². The molecule has 1 aromatic carbocycles. The number of nitrogens with zero attached hydrogens (tertiary/aromatic N) is 4. The zero-order valence-electron chi connectivity index (χ0n) is 19.9. The second-order valence-corrected chi connectivity index (χ2v) is 9.69. The largest absolute Gasteiger partial charge is 0.484 e. The molecule has 1 amide bonds. The predicted molar refractivity (Wildman–Crippen MR) is 132 cm³/mol. The molecule has 1 fully saturated rings. The molecule has 5 rings (SSSR count). The number of hydrogen-bond donors (Lipinski definition) is 1. The first kappa shape index (κ1) is 25.2. The van der Waals surface area contributed by atoms with Crippen molar-refractivity contribution in [2.45, 2.75) is 25.7 Å². The van der Waals surface area contributed by atoms with E-state index in [4.69, 9.17) is 15.2 Å². The number of primary amides is 1. The minimum atomic E-state index is -4.54. The van der Waals surface area contributed by atoms with Crippen LogP contribution in [0.15, 0.2) is 48.9 Å². The lowest BCUT2D eigenvalue weighted by molar-refractivity contribution is -0.139. The zero-order valence-corrected chi connectivity index (χ0v) is 20.7. The summed E-state index contributed by atoms with van der Waals surface area (Å²) in [4.78, 5) is 23.5. The number of aromatic nitrogens is 3. The number of carbonyl (C=O) groups excluding carboxylic acids is 1. The number of halogens is 3. The Morgan fingerprint density at radius 1 is 1.22 bits per heavy atom. The minimum absolute atomic E-state index is 0.0370. The summed E-state index contributed by atoms with van der Waals surface area (Å²) in [5, 5.41) is 0.589. The number of pyridine rings is 1. The Hall–Kier alpha value is -3.48. The SMILES string of the molecule is C[C@@H](Oc1cc(-n2cnc3cnc(CN4CCOCC4)cc32)sc1C(N)=O)c1ccccc1C(F)(F)F. The van der Waals surface area contributed by atoms with Crippen LogP contribution >= 0.6 is 11.3 Å². The zero-order chi connectivity index (χ0) is 26.2. The van der Waals surface area contributed by atoms with Crippen LogP contribution in [0.2, 0.25) is 0 Å². The van der Waals surface area contributed by atoms with Gasteiger partial charge in [-0.15, -0.1) is 11.3 Å². The van der Waals surface area contributed by atoms with Gasteiger partial charge in [-0.25, -0.2) is 4.98 Å². The summed E-state index contributed by atoms with van der Waals surface area (Å²) >= 11 is 1.08. The Morgan fingerprint density at radius 3 is 2.70 bits per heavy atom. The highest BCUT2D eigenvalue weighted by Gasteiger charge is 2.35. The van der Waals surface area contributed by atoms with Crippen LogP contribution in [0.25, 0.3) is 16.0 Å². The van der Waals surface area contributed by atoms with Gasteiger partial charge in [-0.3, -0.25) is 19.2 Å². The molecule has 0 radical (unpaired) electrons. The number of ether oxygens (including phenoxy) is 2. The molecule has 4 aromatic rings. The van der Waals surface area contributed by atoms with Gasteiger partial charge in [-0.2, -0.15) is 13.2 Å². The summed E-state index contributed by atoms with van der Waals surface area (Å²) in [6.07, 6.45) is -2.23. The Labute approximate surface area is 214 Å². The maximum Gasteiger partial charge on any atom is 0.416 e. The summed E-state index contributed by atoms with van der Waals surface area (Å²) in [7, 11) is 0. The first-order chi connectivity index (χ1) is 17.7. The third-order valence-electron chi connectivity index (χ3n) is 6.13. The van der Waals surface area contributed by atoms with Crippen molar-refractivity contribution < 1.29 is 27.4 Å². The van der Waals surface area contributed by atoms with Crippen molar-refractivity contribution >= 4 is 28.3 Å². The molecule has 0 unspecified atom stereocenters. The molecule has 0 bridgehead atoms. The van der Waals surface area contributed by atoms with E-state index >= 15 is 0 Å². The van der Waals surface area contributed by atoms with E-state index in [1.54, 1.807) is 23.2 Å². The van der Waals surface area contributed by atoms with E-state index in [9.17, 15) is 18.0 Å². The Morgan fingerprint density at radius 2 is 1.97 bits per heavy atom. The maximum atomic E-state index is 13.5. The van der Waals surface area contributed by atoms with E-state index in [2.05, 4.69) is 14.9 Å². The lowest BCUT2D eigenvalue weighted by Crippen LogP contribution is -2.35. The normalized spacial score (nSPS) is 15.7. The van der Waals surface area contributed by atoms with Gasteiger partial charge in [0, 0.05) is 31.3 Å². The van der Waals surface area contributed by atoms with Gasteiger partial charge in [0.2, 0.25) is 0 Å². The van der Waals surface area contributed by atoms with Crippen molar-refractivity contribution in [3.05, 3.63) is 70.6 Å². The first-order valence-corrected chi connectivity index (χ1v) is 12.4. The number of thiophene rings is 1. The van der Waals surface area contributed by atoms with Crippen LogP contribution in [0.5, 0.6) is 5.75 Å². The number of fused-ring (bicyclic) bond motifs is 1. The molecule has 8 nitrogen and oxygen atoms in total. The quantitative estimate of drug-likeness (QED) is 0.375. The minimum Gasteiger partial charge on any atom is -0.484 e. The Kier molecular flexibility index (Phi) is 6.88. The second kappa shape index (κ2) is 10.1. The van der Waals surface area contributed by atoms with E-state index in [-0.39, 0.29) is 16.2 Å². The number of morpholine rings is 1. The van der Waals surface area contributed by atoms with Gasteiger partial charge in [0.25, 0.3) is 5.91 Å². The fraction of sp³-hybridized carbons (Fsp3) is 0.320. The van der Waals surface area contributed by atoms with Gasteiger partial charge < -0.3 is 15.2 Å². The van der Waals surface area contributed by atoms with E-state index < -0.39 is 23.8 Å². The predicted octanol–water partition coefficient (Wildman–Crippen LogP) is 4.57. The van der Waals surface area contributed by atoms with Gasteiger partial charge in [-0.05, 0) is 19.1 Å². The van der Waals surface area contributed by atoms with Crippen molar-refractivity contribution in [3.8, 4) is 10.8 Å². The molecule has 1 atom stereocenters. The average molecular weight is 532 g/mol. The van der Waals surface area contributed by atoms with Crippen LogP contribution in [-0.2, 0) is 17.5 Å².